The van der Waals surface area contributed by atoms with Gasteiger partial charge in [-0.15, -0.1) is 0 Å². The Kier molecular flexibility index (Phi) is 7.52. The number of hydrogen-bond acceptors (Lipinski definition) is 11. The highest BCUT2D eigenvalue weighted by molar-refractivity contribution is 5.92. The Hall–Kier alpha value is -4.36. The molecule has 1 amide bonds. The molecule has 0 spiro atoms. The number of imidazole rings is 1. The van der Waals surface area contributed by atoms with Crippen LogP contribution in [0.5, 0.6) is 5.75 Å². The van der Waals surface area contributed by atoms with E-state index in [0.717, 1.165) is 34.1 Å². The van der Waals surface area contributed by atoms with Crippen LogP contribution in [0.2, 0.25) is 0 Å². The highest BCUT2D eigenvalue weighted by Gasteiger charge is 2.25. The second-order valence-electron chi connectivity index (χ2n) is 9.43. The van der Waals surface area contributed by atoms with E-state index >= 15 is 0 Å². The number of ether oxygens (including phenoxy) is 2. The Morgan fingerprint density at radius 2 is 1.82 bits per heavy atom. The van der Waals surface area contributed by atoms with Crippen LogP contribution in [-0.4, -0.2) is 81.1 Å². The number of anilines is 2. The van der Waals surface area contributed by atoms with Crippen molar-refractivity contribution < 1.29 is 19.5 Å². The number of nitrogens with one attached hydrogen (secondary N) is 1. The van der Waals surface area contributed by atoms with E-state index in [0.29, 0.717) is 44.6 Å². The molecule has 1 aliphatic heterocycles. The first-order chi connectivity index (χ1) is 18.9. The maximum absolute atomic E-state index is 11.6. The Bertz CT molecular complexity index is 1450. The van der Waals surface area contributed by atoms with Crippen molar-refractivity contribution in [3.8, 4) is 17.1 Å². The summed E-state index contributed by atoms with van der Waals surface area (Å²) in [6, 6.07) is 7.75. The van der Waals surface area contributed by atoms with Gasteiger partial charge in [-0.3, -0.25) is 10.0 Å². The third-order valence-corrected chi connectivity index (χ3v) is 6.49. The number of fused-ring (bicyclic) bond motifs is 1. The molecule has 0 atom stereocenters. The molecule has 5 rings (SSSR count). The van der Waals surface area contributed by atoms with Crippen LogP contribution in [0.4, 0.5) is 11.8 Å². The first-order valence-electron chi connectivity index (χ1n) is 12.6. The molecule has 1 fully saturated rings. The van der Waals surface area contributed by atoms with Crippen molar-refractivity contribution in [3.63, 3.8) is 0 Å². The van der Waals surface area contributed by atoms with Crippen molar-refractivity contribution in [3.05, 3.63) is 48.0 Å². The fourth-order valence-electron chi connectivity index (χ4n) is 4.51. The molecule has 1 saturated heterocycles. The van der Waals surface area contributed by atoms with Crippen molar-refractivity contribution >= 4 is 28.8 Å². The van der Waals surface area contributed by atoms with Gasteiger partial charge in [-0.1, -0.05) is 0 Å². The molecule has 0 saturated carbocycles. The average molecular weight is 534 g/mol. The minimum absolute atomic E-state index is 0.0612. The molecule has 39 heavy (non-hydrogen) atoms. The largest absolute Gasteiger partial charge is 0.497 e. The van der Waals surface area contributed by atoms with Crippen LogP contribution in [0.15, 0.2) is 36.7 Å². The highest BCUT2D eigenvalue weighted by atomic mass is 16.5. The standard InChI is InChI=1S/C26H31N9O4/c1-16(2)35-20(15-33(3)26-27-13-18(14-28-26)25(36)32-37)29-21-23(34-9-11-39-12-10-34)30-22(31-24(21)35)17-5-7-19(38-4)8-6-17/h5-8,13-14,16,37H,9-12,15H2,1-4H3,(H,32,36). The summed E-state index contributed by atoms with van der Waals surface area (Å²) >= 11 is 0. The van der Waals surface area contributed by atoms with Crippen LogP contribution < -0.4 is 20.0 Å². The zero-order valence-corrected chi connectivity index (χ0v) is 22.3. The number of amides is 1. The lowest BCUT2D eigenvalue weighted by atomic mass is 10.2. The predicted molar refractivity (Wildman–Crippen MR) is 144 cm³/mol. The number of carbonyl (C=O) groups excluding carboxylic acids is 1. The summed E-state index contributed by atoms with van der Waals surface area (Å²) in [6.45, 7) is 7.22. The molecule has 204 valence electrons. The van der Waals surface area contributed by atoms with E-state index in [-0.39, 0.29) is 11.6 Å². The Balaban J connectivity index is 1.58. The molecule has 1 aliphatic rings. The first-order valence-corrected chi connectivity index (χ1v) is 12.6. The molecule has 4 heterocycles. The van der Waals surface area contributed by atoms with Crippen LogP contribution in [0.3, 0.4) is 0 Å². The molecular weight excluding hydrogens is 502 g/mol. The molecular formula is C26H31N9O4. The summed E-state index contributed by atoms with van der Waals surface area (Å²) in [5.74, 6) is 2.65. The lowest BCUT2D eigenvalue weighted by Gasteiger charge is -2.28. The first kappa shape index (κ1) is 26.3. The summed E-state index contributed by atoms with van der Waals surface area (Å²) in [5.41, 5.74) is 4.08. The van der Waals surface area contributed by atoms with Crippen molar-refractivity contribution in [2.75, 3.05) is 50.3 Å². The summed E-state index contributed by atoms with van der Waals surface area (Å²) < 4.78 is 13.0. The van der Waals surface area contributed by atoms with Crippen molar-refractivity contribution in [2.45, 2.75) is 26.4 Å². The van der Waals surface area contributed by atoms with Gasteiger partial charge in [0.25, 0.3) is 5.91 Å². The molecule has 2 N–H and O–H groups in total. The minimum atomic E-state index is -0.673. The van der Waals surface area contributed by atoms with Crippen molar-refractivity contribution in [1.82, 2.24) is 35.0 Å². The van der Waals surface area contributed by atoms with E-state index < -0.39 is 5.91 Å². The maximum Gasteiger partial charge on any atom is 0.277 e. The van der Waals surface area contributed by atoms with E-state index in [1.54, 1.807) is 12.6 Å². The number of hydrogen-bond donors (Lipinski definition) is 2. The van der Waals surface area contributed by atoms with Gasteiger partial charge in [0.15, 0.2) is 22.8 Å². The number of nitrogens with zero attached hydrogens (tertiary/aromatic N) is 8. The summed E-state index contributed by atoms with van der Waals surface area (Å²) in [6.07, 6.45) is 2.72. The fraction of sp³-hybridized carbons (Fsp3) is 0.385. The topological polar surface area (TPSA) is 144 Å². The molecule has 3 aromatic heterocycles. The molecule has 4 aromatic rings. The Morgan fingerprint density at radius 1 is 1.13 bits per heavy atom. The van der Waals surface area contributed by atoms with Gasteiger partial charge in [0, 0.05) is 44.1 Å². The van der Waals surface area contributed by atoms with Crippen molar-refractivity contribution in [1.29, 1.82) is 0 Å². The van der Waals surface area contributed by atoms with E-state index in [2.05, 4.69) is 33.3 Å². The molecule has 0 unspecified atom stereocenters. The monoisotopic (exact) mass is 533 g/mol. The predicted octanol–water partition coefficient (Wildman–Crippen LogP) is 2.46. The molecule has 0 radical (unpaired) electrons. The number of benzene rings is 1. The van der Waals surface area contributed by atoms with Gasteiger partial charge in [-0.2, -0.15) is 0 Å². The van der Waals surface area contributed by atoms with Gasteiger partial charge < -0.3 is 23.8 Å². The molecule has 0 aliphatic carbocycles. The van der Waals surface area contributed by atoms with Crippen LogP contribution in [-0.2, 0) is 11.3 Å². The number of rotatable bonds is 8. The van der Waals surface area contributed by atoms with Crippen LogP contribution in [0.1, 0.15) is 36.1 Å². The summed E-state index contributed by atoms with van der Waals surface area (Å²) in [5, 5.41) is 8.84. The number of morpholine rings is 1. The second kappa shape index (κ2) is 11.2. The van der Waals surface area contributed by atoms with Crippen LogP contribution in [0.25, 0.3) is 22.6 Å². The Labute approximate surface area is 225 Å². The van der Waals surface area contributed by atoms with Gasteiger partial charge in [0.1, 0.15) is 11.6 Å². The van der Waals surface area contributed by atoms with Gasteiger partial charge >= 0.3 is 0 Å². The molecule has 13 nitrogen and oxygen atoms in total. The minimum Gasteiger partial charge on any atom is -0.497 e. The number of aromatic nitrogens is 6. The molecule has 13 heteroatoms. The van der Waals surface area contributed by atoms with E-state index in [1.165, 1.54) is 12.4 Å². The number of carbonyl (C=O) groups is 1. The summed E-state index contributed by atoms with van der Waals surface area (Å²) in [7, 11) is 3.49. The third kappa shape index (κ3) is 5.31. The zero-order valence-electron chi connectivity index (χ0n) is 22.3. The lowest BCUT2D eigenvalue weighted by Crippen LogP contribution is -2.37. The van der Waals surface area contributed by atoms with Crippen LogP contribution in [0, 0.1) is 0 Å². The van der Waals surface area contributed by atoms with E-state index in [1.807, 2.05) is 36.2 Å². The quantitative estimate of drug-likeness (QED) is 0.255. The molecule has 1 aromatic carbocycles. The average Bonchev–Trinajstić information content (AvgIpc) is 3.34. The second-order valence-corrected chi connectivity index (χ2v) is 9.43. The van der Waals surface area contributed by atoms with Gasteiger partial charge in [-0.25, -0.2) is 30.4 Å². The number of methoxy groups -OCH3 is 1. The lowest BCUT2D eigenvalue weighted by molar-refractivity contribution is 0.0705. The molecule has 0 bridgehead atoms. The highest BCUT2D eigenvalue weighted by Crippen LogP contribution is 2.31. The van der Waals surface area contributed by atoms with Gasteiger partial charge in [0.05, 0.1) is 32.4 Å². The van der Waals surface area contributed by atoms with Gasteiger partial charge in [0.2, 0.25) is 5.95 Å². The smallest absolute Gasteiger partial charge is 0.277 e. The normalized spacial score (nSPS) is 13.6. The Morgan fingerprint density at radius 3 is 2.44 bits per heavy atom. The summed E-state index contributed by atoms with van der Waals surface area (Å²) in [4.78, 5) is 39.2. The van der Waals surface area contributed by atoms with Crippen LogP contribution >= 0.6 is 0 Å². The van der Waals surface area contributed by atoms with E-state index in [9.17, 15) is 4.79 Å². The third-order valence-electron chi connectivity index (χ3n) is 6.49. The van der Waals surface area contributed by atoms with Crippen molar-refractivity contribution in [2.24, 2.45) is 0 Å². The zero-order chi connectivity index (χ0) is 27.5. The van der Waals surface area contributed by atoms with E-state index in [4.69, 9.17) is 29.6 Å². The van der Waals surface area contributed by atoms with Gasteiger partial charge in [-0.05, 0) is 38.1 Å². The maximum atomic E-state index is 11.6. The SMILES string of the molecule is COc1ccc(-c2nc(N3CCOCC3)c3nc(CN(C)c4ncc(C(=O)NO)cn4)n(C(C)C)c3n2)cc1. The number of hydroxylamine groups is 1. The fourth-order valence-corrected chi connectivity index (χ4v) is 4.51.